The van der Waals surface area contributed by atoms with Crippen LogP contribution in [0.15, 0.2) is 94.4 Å². The standard InChI is InChI=1S/C25H21FN2O2S/c1-3-27(18-9-5-4-6-10-18)22-23(31-19-15-13-17(2)14-16-19)25(30)28(24(22)29)21-12-8-7-11-20(21)26/h4-16H,3H2,1-2H3. The van der Waals surface area contributed by atoms with Crippen molar-refractivity contribution >= 4 is 35.0 Å². The second-order valence-electron chi connectivity index (χ2n) is 7.07. The van der Waals surface area contributed by atoms with Crippen molar-refractivity contribution in [3.8, 4) is 0 Å². The zero-order valence-corrected chi connectivity index (χ0v) is 18.0. The van der Waals surface area contributed by atoms with E-state index in [1.165, 1.54) is 30.0 Å². The summed E-state index contributed by atoms with van der Waals surface area (Å²) in [6.07, 6.45) is 0. The summed E-state index contributed by atoms with van der Waals surface area (Å²) >= 11 is 1.23. The number of imide groups is 1. The van der Waals surface area contributed by atoms with Gasteiger partial charge in [-0.25, -0.2) is 9.29 Å². The second kappa shape index (κ2) is 8.78. The number of thioether (sulfide) groups is 1. The fourth-order valence-corrected chi connectivity index (χ4v) is 4.46. The zero-order chi connectivity index (χ0) is 22.0. The highest BCUT2D eigenvalue weighted by atomic mass is 32.2. The van der Waals surface area contributed by atoms with E-state index in [0.717, 1.165) is 21.0 Å². The topological polar surface area (TPSA) is 40.6 Å². The van der Waals surface area contributed by atoms with E-state index in [-0.39, 0.29) is 16.3 Å². The highest BCUT2D eigenvalue weighted by molar-refractivity contribution is 8.04. The first kappa shape index (κ1) is 20.9. The first-order valence-electron chi connectivity index (χ1n) is 9.96. The Morgan fingerprint density at radius 1 is 0.871 bits per heavy atom. The Labute approximate surface area is 185 Å². The van der Waals surface area contributed by atoms with Crippen LogP contribution in [0.25, 0.3) is 0 Å². The fourth-order valence-electron chi connectivity index (χ4n) is 3.48. The summed E-state index contributed by atoms with van der Waals surface area (Å²) in [6.45, 7) is 4.37. The average Bonchev–Trinajstić information content (AvgIpc) is 3.01. The third kappa shape index (κ3) is 3.99. The molecule has 0 saturated carbocycles. The van der Waals surface area contributed by atoms with Crippen LogP contribution in [-0.4, -0.2) is 18.4 Å². The van der Waals surface area contributed by atoms with Crippen molar-refractivity contribution in [2.24, 2.45) is 0 Å². The van der Waals surface area contributed by atoms with Crippen LogP contribution >= 0.6 is 11.8 Å². The maximum absolute atomic E-state index is 14.5. The Balaban J connectivity index is 1.84. The van der Waals surface area contributed by atoms with Crippen LogP contribution < -0.4 is 9.80 Å². The quantitative estimate of drug-likeness (QED) is 0.480. The molecule has 4 rings (SSSR count). The molecule has 1 aliphatic heterocycles. The van der Waals surface area contributed by atoms with Gasteiger partial charge in [0.25, 0.3) is 11.8 Å². The number of halogens is 1. The number of rotatable bonds is 6. The second-order valence-corrected chi connectivity index (χ2v) is 8.15. The van der Waals surface area contributed by atoms with Crippen molar-refractivity contribution in [2.75, 3.05) is 16.3 Å². The van der Waals surface area contributed by atoms with Gasteiger partial charge >= 0.3 is 0 Å². The number of amides is 2. The number of benzene rings is 3. The number of hydrogen-bond acceptors (Lipinski definition) is 4. The lowest BCUT2D eigenvalue weighted by molar-refractivity contribution is -0.120. The third-order valence-electron chi connectivity index (χ3n) is 5.01. The van der Waals surface area contributed by atoms with Crippen molar-refractivity contribution in [3.63, 3.8) is 0 Å². The van der Waals surface area contributed by atoms with Crippen molar-refractivity contribution in [1.82, 2.24) is 0 Å². The Hall–Kier alpha value is -3.38. The summed E-state index contributed by atoms with van der Waals surface area (Å²) < 4.78 is 14.5. The molecule has 156 valence electrons. The lowest BCUT2D eigenvalue weighted by Crippen LogP contribution is -2.35. The van der Waals surface area contributed by atoms with Gasteiger partial charge in [-0.1, -0.05) is 59.8 Å². The largest absolute Gasteiger partial charge is 0.336 e. The molecule has 1 aliphatic rings. The maximum Gasteiger partial charge on any atom is 0.283 e. The van der Waals surface area contributed by atoms with Crippen molar-refractivity contribution < 1.29 is 14.0 Å². The van der Waals surface area contributed by atoms with E-state index in [4.69, 9.17) is 0 Å². The van der Waals surface area contributed by atoms with E-state index in [9.17, 15) is 14.0 Å². The number of para-hydroxylation sites is 2. The molecule has 0 saturated heterocycles. The molecule has 31 heavy (non-hydrogen) atoms. The van der Waals surface area contributed by atoms with E-state index in [1.807, 2.05) is 68.4 Å². The molecule has 0 aliphatic carbocycles. The minimum atomic E-state index is -0.618. The smallest absolute Gasteiger partial charge is 0.283 e. The molecule has 6 heteroatoms. The van der Waals surface area contributed by atoms with Gasteiger partial charge in [-0.15, -0.1) is 0 Å². The molecule has 0 unspecified atom stereocenters. The first-order chi connectivity index (χ1) is 15.0. The summed E-state index contributed by atoms with van der Waals surface area (Å²) in [7, 11) is 0. The third-order valence-corrected chi connectivity index (χ3v) is 6.09. The van der Waals surface area contributed by atoms with Crippen LogP contribution in [0.1, 0.15) is 12.5 Å². The minimum Gasteiger partial charge on any atom is -0.336 e. The van der Waals surface area contributed by atoms with Crippen LogP contribution in [-0.2, 0) is 9.59 Å². The molecular formula is C25H21FN2O2S. The summed E-state index contributed by atoms with van der Waals surface area (Å²) in [5.74, 6) is -1.67. The Kier molecular flexibility index (Phi) is 5.91. The minimum absolute atomic E-state index is 0.0429. The number of carbonyl (C=O) groups is 2. The van der Waals surface area contributed by atoms with Crippen molar-refractivity contribution in [1.29, 1.82) is 0 Å². The first-order valence-corrected chi connectivity index (χ1v) is 10.8. The maximum atomic E-state index is 14.5. The number of anilines is 2. The van der Waals surface area contributed by atoms with E-state index in [2.05, 4.69) is 0 Å². The SMILES string of the molecule is CCN(C1=C(Sc2ccc(C)cc2)C(=O)N(c2ccccc2F)C1=O)c1ccccc1. The van der Waals surface area contributed by atoms with E-state index in [1.54, 1.807) is 11.0 Å². The van der Waals surface area contributed by atoms with Gasteiger partial charge in [0.2, 0.25) is 0 Å². The van der Waals surface area contributed by atoms with Crippen LogP contribution in [0.5, 0.6) is 0 Å². The molecule has 2 amide bonds. The molecule has 3 aromatic carbocycles. The Bertz CT molecular complexity index is 1160. The number of aryl methyl sites for hydroxylation is 1. The predicted molar refractivity (Wildman–Crippen MR) is 122 cm³/mol. The van der Waals surface area contributed by atoms with Gasteiger partial charge in [-0.2, -0.15) is 0 Å². The molecule has 0 fully saturated rings. The Morgan fingerprint density at radius 3 is 2.16 bits per heavy atom. The highest BCUT2D eigenvalue weighted by Crippen LogP contribution is 2.40. The highest BCUT2D eigenvalue weighted by Gasteiger charge is 2.43. The summed E-state index contributed by atoms with van der Waals surface area (Å²) in [5, 5.41) is 0. The van der Waals surface area contributed by atoms with Gasteiger partial charge < -0.3 is 4.90 Å². The van der Waals surface area contributed by atoms with E-state index in [0.29, 0.717) is 6.54 Å². The van der Waals surface area contributed by atoms with Crippen LogP contribution in [0.2, 0.25) is 0 Å². The van der Waals surface area contributed by atoms with Crippen LogP contribution in [0, 0.1) is 12.7 Å². The predicted octanol–water partition coefficient (Wildman–Crippen LogP) is 5.54. The van der Waals surface area contributed by atoms with Crippen LogP contribution in [0.4, 0.5) is 15.8 Å². The molecule has 0 aromatic heterocycles. The van der Waals surface area contributed by atoms with E-state index < -0.39 is 17.6 Å². The molecule has 4 nitrogen and oxygen atoms in total. The monoisotopic (exact) mass is 432 g/mol. The molecule has 0 atom stereocenters. The normalized spacial score (nSPS) is 13.8. The van der Waals surface area contributed by atoms with Crippen molar-refractivity contribution in [3.05, 3.63) is 101 Å². The number of nitrogens with zero attached hydrogens (tertiary/aromatic N) is 2. The van der Waals surface area contributed by atoms with Gasteiger partial charge in [0.15, 0.2) is 0 Å². The summed E-state index contributed by atoms with van der Waals surface area (Å²) in [6, 6.07) is 23.0. The van der Waals surface area contributed by atoms with Crippen LogP contribution in [0.3, 0.4) is 0 Å². The molecule has 3 aromatic rings. The number of carbonyl (C=O) groups excluding carboxylic acids is 2. The number of likely N-dealkylation sites (N-methyl/N-ethyl adjacent to an activating group) is 1. The molecule has 0 radical (unpaired) electrons. The molecule has 0 spiro atoms. The van der Waals surface area contributed by atoms with Crippen molar-refractivity contribution in [2.45, 2.75) is 18.7 Å². The summed E-state index contributed by atoms with van der Waals surface area (Å²) in [5.41, 5.74) is 2.10. The van der Waals surface area contributed by atoms with Gasteiger partial charge in [-0.3, -0.25) is 9.59 Å². The molecular weight excluding hydrogens is 411 g/mol. The molecule has 1 heterocycles. The zero-order valence-electron chi connectivity index (χ0n) is 17.2. The fraction of sp³-hybridized carbons (Fsp3) is 0.120. The lowest BCUT2D eigenvalue weighted by atomic mass is 10.2. The van der Waals surface area contributed by atoms with E-state index >= 15 is 0 Å². The molecule has 0 bridgehead atoms. The number of hydrogen-bond donors (Lipinski definition) is 0. The lowest BCUT2D eigenvalue weighted by Gasteiger charge is -2.24. The Morgan fingerprint density at radius 2 is 1.52 bits per heavy atom. The average molecular weight is 433 g/mol. The summed E-state index contributed by atoms with van der Waals surface area (Å²) in [4.78, 5) is 30.8. The van der Waals surface area contributed by atoms with Gasteiger partial charge in [0, 0.05) is 17.1 Å². The van der Waals surface area contributed by atoms with Gasteiger partial charge in [0.1, 0.15) is 16.4 Å². The van der Waals surface area contributed by atoms with Gasteiger partial charge in [-0.05, 0) is 50.2 Å². The van der Waals surface area contributed by atoms with Gasteiger partial charge in [0.05, 0.1) is 5.69 Å². The molecule has 0 N–H and O–H groups in total.